The SMILES string of the molecule is CC(C)CC(=O)N1CCc2nc(NC(=O)C(C)Oc3ccccc3C(C)C)sc2C1. The molecule has 0 saturated heterocycles. The van der Waals surface area contributed by atoms with Crippen molar-refractivity contribution in [1.82, 2.24) is 9.88 Å². The molecule has 0 fully saturated rings. The number of carbonyl (C=O) groups excluding carboxylic acids is 2. The lowest BCUT2D eigenvalue weighted by Crippen LogP contribution is -2.36. The molecule has 1 N–H and O–H groups in total. The lowest BCUT2D eigenvalue weighted by atomic mass is 10.0. The van der Waals surface area contributed by atoms with Crippen LogP contribution in [-0.2, 0) is 22.6 Å². The summed E-state index contributed by atoms with van der Waals surface area (Å²) in [5, 5.41) is 3.45. The first kappa shape index (κ1) is 22.3. The van der Waals surface area contributed by atoms with Crippen molar-refractivity contribution in [2.45, 2.75) is 66.0 Å². The Hall–Kier alpha value is -2.41. The number of thiazole rings is 1. The minimum atomic E-state index is -0.644. The molecule has 2 amide bonds. The van der Waals surface area contributed by atoms with Gasteiger partial charge in [-0.05, 0) is 30.4 Å². The maximum absolute atomic E-state index is 12.7. The van der Waals surface area contributed by atoms with Gasteiger partial charge in [0.25, 0.3) is 5.91 Å². The molecule has 1 aromatic carbocycles. The summed E-state index contributed by atoms with van der Waals surface area (Å²) in [5.41, 5.74) is 2.05. The Balaban J connectivity index is 1.62. The van der Waals surface area contributed by atoms with Gasteiger partial charge in [0.15, 0.2) is 11.2 Å². The molecule has 30 heavy (non-hydrogen) atoms. The number of amides is 2. The third-order valence-corrected chi connectivity index (χ3v) is 6.11. The van der Waals surface area contributed by atoms with Crippen molar-refractivity contribution >= 4 is 28.3 Å². The third kappa shape index (κ3) is 5.39. The summed E-state index contributed by atoms with van der Waals surface area (Å²) in [7, 11) is 0. The summed E-state index contributed by atoms with van der Waals surface area (Å²) in [6.07, 6.45) is 0.638. The lowest BCUT2D eigenvalue weighted by molar-refractivity contribution is -0.132. The number of carbonyl (C=O) groups is 2. The summed E-state index contributed by atoms with van der Waals surface area (Å²) < 4.78 is 5.94. The second-order valence-corrected chi connectivity index (χ2v) is 9.58. The summed E-state index contributed by atoms with van der Waals surface area (Å²) in [4.78, 5) is 32.5. The molecule has 2 aromatic rings. The van der Waals surface area contributed by atoms with Crippen LogP contribution in [0.15, 0.2) is 24.3 Å². The van der Waals surface area contributed by atoms with Gasteiger partial charge in [-0.25, -0.2) is 4.98 Å². The van der Waals surface area contributed by atoms with E-state index in [9.17, 15) is 9.59 Å². The molecule has 2 heterocycles. The first-order chi connectivity index (χ1) is 14.2. The van der Waals surface area contributed by atoms with Crippen LogP contribution in [0.4, 0.5) is 5.13 Å². The van der Waals surface area contributed by atoms with Crippen molar-refractivity contribution in [1.29, 1.82) is 0 Å². The van der Waals surface area contributed by atoms with Crippen molar-refractivity contribution in [3.8, 4) is 5.75 Å². The van der Waals surface area contributed by atoms with E-state index in [-0.39, 0.29) is 11.8 Å². The van der Waals surface area contributed by atoms with Crippen LogP contribution in [0.1, 0.15) is 63.1 Å². The van der Waals surface area contributed by atoms with E-state index < -0.39 is 6.10 Å². The van der Waals surface area contributed by atoms with Gasteiger partial charge in [0.05, 0.1) is 12.2 Å². The number of anilines is 1. The van der Waals surface area contributed by atoms with Gasteiger partial charge >= 0.3 is 0 Å². The van der Waals surface area contributed by atoms with Gasteiger partial charge in [-0.15, -0.1) is 0 Å². The minimum Gasteiger partial charge on any atom is -0.481 e. The van der Waals surface area contributed by atoms with E-state index in [2.05, 4.69) is 38.0 Å². The summed E-state index contributed by atoms with van der Waals surface area (Å²) in [6, 6.07) is 7.80. The zero-order valence-electron chi connectivity index (χ0n) is 18.4. The van der Waals surface area contributed by atoms with Gasteiger partial charge in [0, 0.05) is 24.3 Å². The van der Waals surface area contributed by atoms with Crippen molar-refractivity contribution < 1.29 is 14.3 Å². The number of ether oxygens (including phenoxy) is 1. The summed E-state index contributed by atoms with van der Waals surface area (Å²) >= 11 is 1.44. The lowest BCUT2D eigenvalue weighted by Gasteiger charge is -2.26. The number of aromatic nitrogens is 1. The molecule has 0 aliphatic carbocycles. The highest BCUT2D eigenvalue weighted by Gasteiger charge is 2.26. The average molecular weight is 430 g/mol. The Labute approximate surface area is 182 Å². The van der Waals surface area contributed by atoms with E-state index in [0.29, 0.717) is 36.5 Å². The standard InChI is InChI=1S/C23H31N3O3S/c1-14(2)12-21(27)26-11-10-18-20(13-26)30-23(24-18)25-22(28)16(5)29-19-9-7-6-8-17(19)15(3)4/h6-9,14-16H,10-13H2,1-5H3,(H,24,25,28). The quantitative estimate of drug-likeness (QED) is 0.698. The van der Waals surface area contributed by atoms with Crippen LogP contribution >= 0.6 is 11.3 Å². The molecule has 1 aliphatic heterocycles. The average Bonchev–Trinajstić information content (AvgIpc) is 3.08. The second kappa shape index (κ2) is 9.60. The topological polar surface area (TPSA) is 71.5 Å². The van der Waals surface area contributed by atoms with E-state index >= 15 is 0 Å². The van der Waals surface area contributed by atoms with Crippen LogP contribution in [0, 0.1) is 5.92 Å². The fourth-order valence-electron chi connectivity index (χ4n) is 3.46. The fourth-order valence-corrected chi connectivity index (χ4v) is 4.48. The molecule has 7 heteroatoms. The normalized spacial score (nSPS) is 14.6. The Morgan fingerprint density at radius 3 is 2.63 bits per heavy atom. The zero-order valence-corrected chi connectivity index (χ0v) is 19.2. The van der Waals surface area contributed by atoms with Gasteiger partial charge in [-0.3, -0.25) is 14.9 Å². The van der Waals surface area contributed by atoms with Crippen LogP contribution in [0.5, 0.6) is 5.75 Å². The molecular weight excluding hydrogens is 398 g/mol. The Bertz CT molecular complexity index is 907. The highest BCUT2D eigenvalue weighted by Crippen LogP contribution is 2.30. The van der Waals surface area contributed by atoms with Gasteiger partial charge in [0.2, 0.25) is 5.91 Å². The van der Waals surface area contributed by atoms with Crippen LogP contribution < -0.4 is 10.1 Å². The third-order valence-electron chi connectivity index (χ3n) is 5.11. The van der Waals surface area contributed by atoms with Crippen molar-refractivity contribution in [3.63, 3.8) is 0 Å². The summed E-state index contributed by atoms with van der Waals surface area (Å²) in [5.74, 6) is 1.33. The number of hydrogen-bond donors (Lipinski definition) is 1. The minimum absolute atomic E-state index is 0.181. The van der Waals surface area contributed by atoms with E-state index in [4.69, 9.17) is 4.74 Å². The smallest absolute Gasteiger partial charge is 0.266 e. The van der Waals surface area contributed by atoms with Gasteiger partial charge < -0.3 is 9.64 Å². The highest BCUT2D eigenvalue weighted by molar-refractivity contribution is 7.15. The Morgan fingerprint density at radius 2 is 1.93 bits per heavy atom. The van der Waals surface area contributed by atoms with E-state index in [1.807, 2.05) is 29.2 Å². The van der Waals surface area contributed by atoms with Crippen LogP contribution in [0.2, 0.25) is 0 Å². The maximum Gasteiger partial charge on any atom is 0.266 e. The number of para-hydroxylation sites is 1. The molecule has 6 nitrogen and oxygen atoms in total. The Morgan fingerprint density at radius 1 is 1.20 bits per heavy atom. The number of nitrogens with zero attached hydrogens (tertiary/aromatic N) is 2. The predicted molar refractivity (Wildman–Crippen MR) is 120 cm³/mol. The first-order valence-corrected chi connectivity index (χ1v) is 11.4. The number of benzene rings is 1. The molecule has 1 aromatic heterocycles. The van der Waals surface area contributed by atoms with E-state index in [1.54, 1.807) is 6.92 Å². The van der Waals surface area contributed by atoms with Crippen LogP contribution in [0.25, 0.3) is 0 Å². The zero-order chi connectivity index (χ0) is 21.8. The first-order valence-electron chi connectivity index (χ1n) is 10.6. The predicted octanol–water partition coefficient (Wildman–Crippen LogP) is 4.60. The fraction of sp³-hybridized carbons (Fsp3) is 0.522. The maximum atomic E-state index is 12.7. The van der Waals surface area contributed by atoms with Crippen LogP contribution in [-0.4, -0.2) is 34.3 Å². The van der Waals surface area contributed by atoms with E-state index in [1.165, 1.54) is 11.3 Å². The van der Waals surface area contributed by atoms with Gasteiger partial charge in [-0.2, -0.15) is 0 Å². The number of fused-ring (bicyclic) bond motifs is 1. The molecule has 1 unspecified atom stereocenters. The molecular formula is C23H31N3O3S. The largest absolute Gasteiger partial charge is 0.481 e. The molecule has 1 atom stereocenters. The van der Waals surface area contributed by atoms with Crippen molar-refractivity contribution in [2.75, 3.05) is 11.9 Å². The molecule has 0 radical (unpaired) electrons. The Kier molecular flexibility index (Phi) is 7.13. The van der Waals surface area contributed by atoms with Gasteiger partial charge in [0.1, 0.15) is 5.75 Å². The number of nitrogens with one attached hydrogen (secondary N) is 1. The van der Waals surface area contributed by atoms with E-state index in [0.717, 1.165) is 28.3 Å². The number of hydrogen-bond acceptors (Lipinski definition) is 5. The van der Waals surface area contributed by atoms with Crippen LogP contribution in [0.3, 0.4) is 0 Å². The van der Waals surface area contributed by atoms with Crippen molar-refractivity contribution in [3.05, 3.63) is 40.4 Å². The second-order valence-electron chi connectivity index (χ2n) is 8.49. The monoisotopic (exact) mass is 429 g/mol. The molecule has 0 bridgehead atoms. The highest BCUT2D eigenvalue weighted by atomic mass is 32.1. The van der Waals surface area contributed by atoms with Crippen molar-refractivity contribution in [2.24, 2.45) is 5.92 Å². The molecule has 3 rings (SSSR count). The summed E-state index contributed by atoms with van der Waals surface area (Å²) in [6.45, 7) is 11.3. The molecule has 0 saturated carbocycles. The van der Waals surface area contributed by atoms with Gasteiger partial charge in [-0.1, -0.05) is 57.2 Å². The molecule has 0 spiro atoms. The number of rotatable bonds is 7. The molecule has 162 valence electrons. The molecule has 1 aliphatic rings.